The van der Waals surface area contributed by atoms with Crippen LogP contribution in [0.1, 0.15) is 37.0 Å². The minimum absolute atomic E-state index is 0.206. The lowest BCUT2D eigenvalue weighted by molar-refractivity contribution is 0.0894. The second-order valence-electron chi connectivity index (χ2n) is 4.40. The Morgan fingerprint density at radius 1 is 1.21 bits per heavy atom. The fourth-order valence-electron chi connectivity index (χ4n) is 1.77. The maximum atomic E-state index is 13.1. The highest BCUT2D eigenvalue weighted by Crippen LogP contribution is 2.17. The molecule has 1 amide bonds. The number of rotatable bonds is 5. The lowest BCUT2D eigenvalue weighted by atomic mass is 9.92. The first-order chi connectivity index (χ1) is 8.89. The molecule has 0 fully saturated rings. The third kappa shape index (κ3) is 3.26. The van der Waals surface area contributed by atoms with Gasteiger partial charge in [-0.25, -0.2) is 13.2 Å². The highest BCUT2D eigenvalue weighted by atomic mass is 19.2. The molecule has 0 radical (unpaired) electrons. The minimum atomic E-state index is -1.59. The molecule has 0 heterocycles. The van der Waals surface area contributed by atoms with Crippen LogP contribution in [0.5, 0.6) is 0 Å². The summed E-state index contributed by atoms with van der Waals surface area (Å²) in [6.07, 6.45) is 1.16. The van der Waals surface area contributed by atoms with Crippen LogP contribution in [-0.2, 0) is 0 Å². The van der Waals surface area contributed by atoms with E-state index < -0.39 is 28.9 Å². The zero-order valence-corrected chi connectivity index (χ0v) is 10.9. The summed E-state index contributed by atoms with van der Waals surface area (Å²) in [6, 6.07) is 1.33. The molecule has 19 heavy (non-hydrogen) atoms. The van der Waals surface area contributed by atoms with E-state index in [1.165, 1.54) is 0 Å². The number of carbonyl (C=O) groups is 1. The maximum absolute atomic E-state index is 13.1. The highest BCUT2D eigenvalue weighted by Gasteiger charge is 2.27. The van der Waals surface area contributed by atoms with Gasteiger partial charge in [0.05, 0.1) is 5.54 Å². The van der Waals surface area contributed by atoms with Crippen molar-refractivity contribution in [2.24, 2.45) is 5.73 Å². The van der Waals surface area contributed by atoms with Gasteiger partial charge in [-0.2, -0.15) is 0 Å². The molecule has 0 saturated heterocycles. The Morgan fingerprint density at radius 2 is 1.68 bits per heavy atom. The third-order valence-corrected chi connectivity index (χ3v) is 3.37. The van der Waals surface area contributed by atoms with E-state index in [1.807, 2.05) is 13.8 Å². The van der Waals surface area contributed by atoms with E-state index in [4.69, 9.17) is 5.73 Å². The zero-order chi connectivity index (χ0) is 14.6. The molecule has 0 atom stereocenters. The molecular weight excluding hydrogens is 257 g/mol. The van der Waals surface area contributed by atoms with Gasteiger partial charge in [0.2, 0.25) is 0 Å². The molecule has 3 nitrogen and oxygen atoms in total. The van der Waals surface area contributed by atoms with Gasteiger partial charge in [-0.15, -0.1) is 0 Å². The molecule has 6 heteroatoms. The van der Waals surface area contributed by atoms with Crippen LogP contribution in [-0.4, -0.2) is 18.0 Å². The van der Waals surface area contributed by atoms with Crippen molar-refractivity contribution in [1.29, 1.82) is 0 Å². The molecule has 1 aromatic rings. The molecular formula is C13H17F3N2O. The topological polar surface area (TPSA) is 55.1 Å². The number of halogens is 3. The van der Waals surface area contributed by atoms with Crippen molar-refractivity contribution >= 4 is 5.91 Å². The van der Waals surface area contributed by atoms with E-state index in [0.29, 0.717) is 25.0 Å². The first kappa shape index (κ1) is 15.5. The van der Waals surface area contributed by atoms with Crippen LogP contribution in [0, 0.1) is 17.5 Å². The Hall–Kier alpha value is -1.56. The number of amides is 1. The lowest BCUT2D eigenvalue weighted by Crippen LogP contribution is -2.52. The van der Waals surface area contributed by atoms with Crippen molar-refractivity contribution in [1.82, 2.24) is 5.32 Å². The zero-order valence-electron chi connectivity index (χ0n) is 10.9. The maximum Gasteiger partial charge on any atom is 0.251 e. The molecule has 3 N–H and O–H groups in total. The lowest BCUT2D eigenvalue weighted by Gasteiger charge is -2.31. The van der Waals surface area contributed by atoms with E-state index >= 15 is 0 Å². The molecule has 0 saturated carbocycles. The summed E-state index contributed by atoms with van der Waals surface area (Å²) in [5.74, 6) is -5.05. The number of carbonyl (C=O) groups excluding carboxylic acids is 1. The number of nitrogens with one attached hydrogen (secondary N) is 1. The molecule has 1 aromatic carbocycles. The Morgan fingerprint density at radius 3 is 2.05 bits per heavy atom. The predicted octanol–water partition coefficient (Wildman–Crippen LogP) is 2.35. The smallest absolute Gasteiger partial charge is 0.251 e. The summed E-state index contributed by atoms with van der Waals surface area (Å²) in [5.41, 5.74) is 4.72. The minimum Gasteiger partial charge on any atom is -0.345 e. The van der Waals surface area contributed by atoms with E-state index in [0.717, 1.165) is 0 Å². The molecule has 0 bridgehead atoms. The average molecular weight is 274 g/mol. The summed E-state index contributed by atoms with van der Waals surface area (Å²) in [7, 11) is 0. The van der Waals surface area contributed by atoms with Gasteiger partial charge in [-0.3, -0.25) is 4.79 Å². The van der Waals surface area contributed by atoms with E-state index in [1.54, 1.807) is 0 Å². The predicted molar refractivity (Wildman–Crippen MR) is 66.1 cm³/mol. The van der Waals surface area contributed by atoms with Crippen molar-refractivity contribution in [2.75, 3.05) is 6.54 Å². The molecule has 0 spiro atoms. The Bertz CT molecular complexity index is 442. The molecule has 106 valence electrons. The van der Waals surface area contributed by atoms with Gasteiger partial charge in [-0.05, 0) is 25.0 Å². The standard InChI is InChI=1S/C13H17F3N2O/c1-3-13(4-2,7-17)18-12(19)8-5-9(14)11(16)10(15)6-8/h5-6H,3-4,7,17H2,1-2H3,(H,18,19). The van der Waals surface area contributed by atoms with Crippen molar-refractivity contribution in [3.8, 4) is 0 Å². The molecule has 0 aliphatic carbocycles. The number of nitrogens with two attached hydrogens (primary N) is 1. The van der Waals surface area contributed by atoms with Crippen molar-refractivity contribution in [3.63, 3.8) is 0 Å². The van der Waals surface area contributed by atoms with Gasteiger partial charge >= 0.3 is 0 Å². The van der Waals surface area contributed by atoms with Gasteiger partial charge in [0.25, 0.3) is 5.91 Å². The van der Waals surface area contributed by atoms with Crippen LogP contribution in [0.3, 0.4) is 0 Å². The van der Waals surface area contributed by atoms with Crippen LogP contribution >= 0.6 is 0 Å². The van der Waals surface area contributed by atoms with E-state index in [9.17, 15) is 18.0 Å². The SMILES string of the molecule is CCC(CC)(CN)NC(=O)c1cc(F)c(F)c(F)c1. The molecule has 0 aliphatic rings. The second-order valence-corrected chi connectivity index (χ2v) is 4.40. The molecule has 0 aromatic heterocycles. The third-order valence-electron chi connectivity index (χ3n) is 3.37. The number of hydrogen-bond donors (Lipinski definition) is 2. The monoisotopic (exact) mass is 274 g/mol. The highest BCUT2D eigenvalue weighted by molar-refractivity contribution is 5.94. The fraction of sp³-hybridized carbons (Fsp3) is 0.462. The number of benzene rings is 1. The second kappa shape index (κ2) is 6.06. The quantitative estimate of drug-likeness (QED) is 0.810. The average Bonchev–Trinajstić information content (AvgIpc) is 2.41. The van der Waals surface area contributed by atoms with Crippen LogP contribution < -0.4 is 11.1 Å². The van der Waals surface area contributed by atoms with Crippen molar-refractivity contribution in [3.05, 3.63) is 35.1 Å². The number of hydrogen-bond acceptors (Lipinski definition) is 2. The molecule has 0 unspecified atom stereocenters. The first-order valence-electron chi connectivity index (χ1n) is 6.06. The summed E-state index contributed by atoms with van der Waals surface area (Å²) in [6.45, 7) is 3.91. The Kier molecular flexibility index (Phi) is 4.94. The van der Waals surface area contributed by atoms with Crippen molar-refractivity contribution in [2.45, 2.75) is 32.2 Å². The molecule has 1 rings (SSSR count). The Labute approximate surface area is 110 Å². The fourth-order valence-corrected chi connectivity index (χ4v) is 1.77. The van der Waals surface area contributed by atoms with E-state index in [2.05, 4.69) is 5.32 Å². The summed E-state index contributed by atoms with van der Waals surface area (Å²) in [5, 5.41) is 2.65. The molecule has 0 aliphatic heterocycles. The Balaban J connectivity index is 3.01. The summed E-state index contributed by atoms with van der Waals surface area (Å²) >= 11 is 0. The van der Waals surface area contributed by atoms with Crippen LogP contribution in [0.15, 0.2) is 12.1 Å². The van der Waals surface area contributed by atoms with Crippen molar-refractivity contribution < 1.29 is 18.0 Å². The first-order valence-corrected chi connectivity index (χ1v) is 6.06. The normalized spacial score (nSPS) is 11.5. The largest absolute Gasteiger partial charge is 0.345 e. The summed E-state index contributed by atoms with van der Waals surface area (Å²) < 4.78 is 38.9. The summed E-state index contributed by atoms with van der Waals surface area (Å²) in [4.78, 5) is 11.9. The van der Waals surface area contributed by atoms with Gasteiger partial charge in [0.1, 0.15) is 0 Å². The van der Waals surface area contributed by atoms with Crippen LogP contribution in [0.4, 0.5) is 13.2 Å². The van der Waals surface area contributed by atoms with Gasteiger partial charge in [0, 0.05) is 12.1 Å². The van der Waals surface area contributed by atoms with Gasteiger partial charge in [0.15, 0.2) is 17.5 Å². The van der Waals surface area contributed by atoms with Gasteiger partial charge in [-0.1, -0.05) is 13.8 Å². The van der Waals surface area contributed by atoms with E-state index in [-0.39, 0.29) is 12.1 Å². The van der Waals surface area contributed by atoms with Gasteiger partial charge < -0.3 is 11.1 Å². The van der Waals surface area contributed by atoms with Crippen LogP contribution in [0.2, 0.25) is 0 Å². The van der Waals surface area contributed by atoms with Crippen LogP contribution in [0.25, 0.3) is 0 Å².